The Morgan fingerprint density at radius 2 is 1.84 bits per heavy atom. The summed E-state index contributed by atoms with van der Waals surface area (Å²) in [4.78, 5) is 7.36. The Hall–Kier alpha value is -1.53. The van der Waals surface area contributed by atoms with Gasteiger partial charge in [-0.1, -0.05) is 20.8 Å². The van der Waals surface area contributed by atoms with Crippen molar-refractivity contribution in [3.63, 3.8) is 0 Å². The van der Waals surface area contributed by atoms with E-state index in [1.54, 1.807) is 0 Å². The average molecular weight is 276 g/mol. The third kappa shape index (κ3) is 4.57. The predicted octanol–water partition coefficient (Wildman–Crippen LogP) is 3.24. The monoisotopic (exact) mass is 276 g/mol. The van der Waals surface area contributed by atoms with Crippen molar-refractivity contribution in [3.05, 3.63) is 11.8 Å². The quantitative estimate of drug-likeness (QED) is 0.866. The summed E-state index contributed by atoms with van der Waals surface area (Å²) in [5.41, 5.74) is -0.952. The molecule has 0 saturated carbocycles. The maximum absolute atomic E-state index is 12.7. The van der Waals surface area contributed by atoms with E-state index in [9.17, 15) is 13.2 Å². The Kier molecular flexibility index (Phi) is 4.97. The molecule has 0 aliphatic heterocycles. The Labute approximate surface area is 110 Å². The van der Waals surface area contributed by atoms with Crippen molar-refractivity contribution in [2.75, 3.05) is 24.2 Å². The SMILES string of the molecule is CNc1nc(NCC(C)C(C)C)cc(C(F)(F)F)n1. The summed E-state index contributed by atoms with van der Waals surface area (Å²) in [5.74, 6) is 0.913. The Bertz CT molecular complexity index is 418. The molecule has 19 heavy (non-hydrogen) atoms. The lowest BCUT2D eigenvalue weighted by molar-refractivity contribution is -0.141. The maximum Gasteiger partial charge on any atom is 0.433 e. The molecule has 7 heteroatoms. The van der Waals surface area contributed by atoms with Crippen LogP contribution in [-0.4, -0.2) is 23.6 Å². The molecule has 2 N–H and O–H groups in total. The number of alkyl halides is 3. The summed E-state index contributed by atoms with van der Waals surface area (Å²) >= 11 is 0. The Balaban J connectivity index is 2.89. The number of rotatable bonds is 5. The summed E-state index contributed by atoms with van der Waals surface area (Å²) in [7, 11) is 1.48. The van der Waals surface area contributed by atoms with Gasteiger partial charge in [-0.15, -0.1) is 0 Å². The first-order valence-electron chi connectivity index (χ1n) is 6.12. The van der Waals surface area contributed by atoms with Crippen molar-refractivity contribution in [1.82, 2.24) is 9.97 Å². The molecular weight excluding hydrogens is 257 g/mol. The van der Waals surface area contributed by atoms with Crippen LogP contribution in [0.5, 0.6) is 0 Å². The van der Waals surface area contributed by atoms with E-state index in [1.807, 2.05) is 6.92 Å². The molecule has 1 aromatic rings. The molecule has 0 aliphatic carbocycles. The molecule has 1 rings (SSSR count). The van der Waals surface area contributed by atoms with E-state index in [-0.39, 0.29) is 11.8 Å². The maximum atomic E-state index is 12.7. The van der Waals surface area contributed by atoms with Gasteiger partial charge in [0.25, 0.3) is 0 Å². The van der Waals surface area contributed by atoms with Crippen LogP contribution in [0.25, 0.3) is 0 Å². The van der Waals surface area contributed by atoms with E-state index in [1.165, 1.54) is 7.05 Å². The molecule has 0 aromatic carbocycles. The number of nitrogens with one attached hydrogen (secondary N) is 2. The predicted molar refractivity (Wildman–Crippen MR) is 69.1 cm³/mol. The highest BCUT2D eigenvalue weighted by molar-refractivity contribution is 5.42. The lowest BCUT2D eigenvalue weighted by atomic mass is 9.98. The number of hydrogen-bond donors (Lipinski definition) is 2. The van der Waals surface area contributed by atoms with Crippen LogP contribution in [0.4, 0.5) is 24.9 Å². The van der Waals surface area contributed by atoms with Gasteiger partial charge in [-0.05, 0) is 11.8 Å². The highest BCUT2D eigenvalue weighted by atomic mass is 19.4. The summed E-state index contributed by atoms with van der Waals surface area (Å²) in [5, 5.41) is 5.45. The highest BCUT2D eigenvalue weighted by Gasteiger charge is 2.33. The van der Waals surface area contributed by atoms with E-state index in [0.717, 1.165) is 6.07 Å². The van der Waals surface area contributed by atoms with E-state index in [4.69, 9.17) is 0 Å². The van der Waals surface area contributed by atoms with Gasteiger partial charge in [0.05, 0.1) is 0 Å². The van der Waals surface area contributed by atoms with Gasteiger partial charge < -0.3 is 10.6 Å². The Morgan fingerprint density at radius 1 is 1.21 bits per heavy atom. The van der Waals surface area contributed by atoms with Crippen LogP contribution in [0, 0.1) is 11.8 Å². The van der Waals surface area contributed by atoms with E-state index in [2.05, 4.69) is 34.4 Å². The van der Waals surface area contributed by atoms with Gasteiger partial charge >= 0.3 is 6.18 Å². The van der Waals surface area contributed by atoms with E-state index >= 15 is 0 Å². The van der Waals surface area contributed by atoms with Crippen LogP contribution in [0.3, 0.4) is 0 Å². The molecule has 1 heterocycles. The molecule has 1 atom stereocenters. The molecule has 0 fully saturated rings. The van der Waals surface area contributed by atoms with Gasteiger partial charge in [0.15, 0.2) is 5.69 Å². The number of hydrogen-bond acceptors (Lipinski definition) is 4. The molecule has 108 valence electrons. The first-order valence-corrected chi connectivity index (χ1v) is 6.12. The van der Waals surface area contributed by atoms with Gasteiger partial charge in [-0.25, -0.2) is 4.98 Å². The fourth-order valence-corrected chi connectivity index (χ4v) is 1.30. The van der Waals surface area contributed by atoms with Crippen molar-refractivity contribution in [1.29, 1.82) is 0 Å². The molecule has 0 aliphatic rings. The van der Waals surface area contributed by atoms with Gasteiger partial charge in [0.1, 0.15) is 5.82 Å². The zero-order valence-electron chi connectivity index (χ0n) is 11.5. The average Bonchev–Trinajstić information content (AvgIpc) is 2.34. The van der Waals surface area contributed by atoms with Gasteiger partial charge in [-0.3, -0.25) is 0 Å². The first-order chi connectivity index (χ1) is 8.74. The number of halogens is 3. The molecule has 0 bridgehead atoms. The van der Waals surface area contributed by atoms with Crippen LogP contribution < -0.4 is 10.6 Å². The van der Waals surface area contributed by atoms with Crippen molar-refractivity contribution in [3.8, 4) is 0 Å². The molecular formula is C12H19F3N4. The lowest BCUT2D eigenvalue weighted by Gasteiger charge is -2.17. The fraction of sp³-hybridized carbons (Fsp3) is 0.667. The van der Waals surface area contributed by atoms with Crippen LogP contribution in [0.2, 0.25) is 0 Å². The number of aromatic nitrogens is 2. The first kappa shape index (κ1) is 15.5. The standard InChI is InChI=1S/C12H19F3N4/c1-7(2)8(3)6-17-10-5-9(12(13,14)15)18-11(16-4)19-10/h5,7-8H,6H2,1-4H3,(H2,16,17,18,19). The molecule has 4 nitrogen and oxygen atoms in total. The molecule has 0 radical (unpaired) electrons. The number of nitrogens with zero attached hydrogens (tertiary/aromatic N) is 2. The summed E-state index contributed by atoms with van der Waals surface area (Å²) < 4.78 is 38.0. The number of anilines is 2. The normalized spacial score (nSPS) is 13.5. The topological polar surface area (TPSA) is 49.8 Å². The van der Waals surface area contributed by atoms with Crippen LogP contribution in [0.1, 0.15) is 26.5 Å². The lowest BCUT2D eigenvalue weighted by Crippen LogP contribution is -2.18. The molecule has 0 saturated heterocycles. The zero-order valence-corrected chi connectivity index (χ0v) is 11.5. The van der Waals surface area contributed by atoms with Crippen LogP contribution in [0.15, 0.2) is 6.07 Å². The molecule has 0 amide bonds. The minimum absolute atomic E-state index is 0.0467. The third-order valence-electron chi connectivity index (χ3n) is 2.98. The summed E-state index contributed by atoms with van der Waals surface area (Å²) in [6, 6.07) is 0.924. The minimum atomic E-state index is -4.48. The smallest absolute Gasteiger partial charge is 0.370 e. The molecule has 0 spiro atoms. The van der Waals surface area contributed by atoms with E-state index < -0.39 is 11.9 Å². The van der Waals surface area contributed by atoms with Crippen molar-refractivity contribution in [2.45, 2.75) is 26.9 Å². The van der Waals surface area contributed by atoms with Crippen molar-refractivity contribution >= 4 is 11.8 Å². The largest absolute Gasteiger partial charge is 0.433 e. The second-order valence-corrected chi connectivity index (χ2v) is 4.81. The second kappa shape index (κ2) is 6.08. The van der Waals surface area contributed by atoms with Crippen molar-refractivity contribution in [2.24, 2.45) is 11.8 Å². The molecule has 1 aromatic heterocycles. The Morgan fingerprint density at radius 3 is 2.32 bits per heavy atom. The fourth-order valence-electron chi connectivity index (χ4n) is 1.30. The van der Waals surface area contributed by atoms with Crippen LogP contribution >= 0.6 is 0 Å². The highest BCUT2D eigenvalue weighted by Crippen LogP contribution is 2.29. The third-order valence-corrected chi connectivity index (χ3v) is 2.98. The summed E-state index contributed by atoms with van der Waals surface area (Å²) in [6.45, 7) is 6.72. The zero-order chi connectivity index (χ0) is 14.6. The van der Waals surface area contributed by atoms with Crippen LogP contribution in [-0.2, 0) is 6.18 Å². The van der Waals surface area contributed by atoms with Gasteiger partial charge in [-0.2, -0.15) is 18.2 Å². The molecule has 1 unspecified atom stereocenters. The second-order valence-electron chi connectivity index (χ2n) is 4.81. The van der Waals surface area contributed by atoms with Gasteiger partial charge in [0, 0.05) is 19.7 Å². The van der Waals surface area contributed by atoms with Crippen molar-refractivity contribution < 1.29 is 13.2 Å². The minimum Gasteiger partial charge on any atom is -0.370 e. The van der Waals surface area contributed by atoms with E-state index in [0.29, 0.717) is 18.4 Å². The summed E-state index contributed by atoms with van der Waals surface area (Å²) in [6.07, 6.45) is -4.48. The van der Waals surface area contributed by atoms with Gasteiger partial charge in [0.2, 0.25) is 5.95 Å².